The minimum atomic E-state index is -0.471. The molecular weight excluding hydrogens is 382 g/mol. The monoisotopic (exact) mass is 403 g/mol. The lowest BCUT2D eigenvalue weighted by Crippen LogP contribution is -2.32. The van der Waals surface area contributed by atoms with Crippen molar-refractivity contribution in [2.24, 2.45) is 7.05 Å². The lowest BCUT2D eigenvalue weighted by atomic mass is 10.0. The van der Waals surface area contributed by atoms with Crippen LogP contribution in [0, 0.1) is 0 Å². The number of aryl methyl sites for hydroxylation is 1. The Balaban J connectivity index is 1.65. The molecular formula is C22H21N5O3. The van der Waals surface area contributed by atoms with Gasteiger partial charge in [0, 0.05) is 24.8 Å². The van der Waals surface area contributed by atoms with Crippen LogP contribution in [0.3, 0.4) is 0 Å². The van der Waals surface area contributed by atoms with Crippen LogP contribution < -0.4 is 15.6 Å². The van der Waals surface area contributed by atoms with Gasteiger partial charge in [0.2, 0.25) is 5.91 Å². The predicted octanol–water partition coefficient (Wildman–Crippen LogP) is 2.11. The second-order valence-corrected chi connectivity index (χ2v) is 6.90. The van der Waals surface area contributed by atoms with Crippen LogP contribution in [-0.4, -0.2) is 32.8 Å². The Morgan fingerprint density at radius 3 is 2.73 bits per heavy atom. The van der Waals surface area contributed by atoms with Crippen molar-refractivity contribution < 1.29 is 9.53 Å². The topological polar surface area (TPSA) is 102 Å². The van der Waals surface area contributed by atoms with Gasteiger partial charge in [0.1, 0.15) is 17.6 Å². The third-order valence-electron chi connectivity index (χ3n) is 4.95. The Bertz CT molecular complexity index is 1260. The van der Waals surface area contributed by atoms with Crippen LogP contribution in [0.2, 0.25) is 0 Å². The average Bonchev–Trinajstić information content (AvgIpc) is 3.20. The fraction of sp³-hybridized carbons (Fsp3) is 0.182. The number of methoxy groups -OCH3 is 1. The first kappa shape index (κ1) is 19.4. The van der Waals surface area contributed by atoms with Gasteiger partial charge in [0.05, 0.1) is 24.6 Å². The zero-order valence-electron chi connectivity index (χ0n) is 16.6. The van der Waals surface area contributed by atoms with Gasteiger partial charge in [-0.15, -0.1) is 0 Å². The molecule has 1 atom stereocenters. The lowest BCUT2D eigenvalue weighted by Gasteiger charge is -2.20. The van der Waals surface area contributed by atoms with Crippen molar-refractivity contribution in [1.29, 1.82) is 0 Å². The molecule has 8 nitrogen and oxygen atoms in total. The Labute approximate surface area is 172 Å². The Morgan fingerprint density at radius 1 is 1.20 bits per heavy atom. The maximum Gasteiger partial charge on any atom is 0.272 e. The number of carbonyl (C=O) groups is 1. The van der Waals surface area contributed by atoms with E-state index in [4.69, 9.17) is 4.74 Å². The van der Waals surface area contributed by atoms with E-state index in [9.17, 15) is 9.59 Å². The molecule has 0 aliphatic carbocycles. The second kappa shape index (κ2) is 8.20. The number of carbonyl (C=O) groups excluding carboxylic acids is 1. The summed E-state index contributed by atoms with van der Waals surface area (Å²) in [4.78, 5) is 29.4. The molecule has 2 aromatic heterocycles. The first-order valence-electron chi connectivity index (χ1n) is 9.43. The summed E-state index contributed by atoms with van der Waals surface area (Å²) in [5.74, 6) is 1.14. The van der Waals surface area contributed by atoms with E-state index in [1.54, 1.807) is 31.5 Å². The maximum atomic E-state index is 13.0. The van der Waals surface area contributed by atoms with Gasteiger partial charge in [-0.1, -0.05) is 30.3 Å². The molecule has 0 unspecified atom stereocenters. The summed E-state index contributed by atoms with van der Waals surface area (Å²) in [5.41, 5.74) is 1.07. The zero-order chi connectivity index (χ0) is 21.1. The molecule has 0 saturated carbocycles. The van der Waals surface area contributed by atoms with Crippen LogP contribution in [0.4, 0.5) is 0 Å². The largest absolute Gasteiger partial charge is 0.497 e. The van der Waals surface area contributed by atoms with E-state index in [1.165, 1.54) is 0 Å². The predicted molar refractivity (Wildman–Crippen MR) is 112 cm³/mol. The van der Waals surface area contributed by atoms with Crippen molar-refractivity contribution in [3.63, 3.8) is 0 Å². The van der Waals surface area contributed by atoms with E-state index >= 15 is 0 Å². The summed E-state index contributed by atoms with van der Waals surface area (Å²) < 4.78 is 7.19. The smallest absolute Gasteiger partial charge is 0.272 e. The fourth-order valence-corrected chi connectivity index (χ4v) is 3.44. The minimum Gasteiger partial charge on any atom is -0.497 e. The Hall–Kier alpha value is -3.94. The molecule has 2 aromatic carbocycles. The van der Waals surface area contributed by atoms with E-state index in [1.807, 2.05) is 48.1 Å². The van der Waals surface area contributed by atoms with E-state index < -0.39 is 6.04 Å². The highest BCUT2D eigenvalue weighted by atomic mass is 16.5. The van der Waals surface area contributed by atoms with E-state index in [-0.39, 0.29) is 17.9 Å². The van der Waals surface area contributed by atoms with Gasteiger partial charge in [-0.05, 0) is 23.8 Å². The summed E-state index contributed by atoms with van der Waals surface area (Å²) in [6.45, 7) is 0. The molecule has 2 heterocycles. The molecule has 2 N–H and O–H groups in total. The number of aromatic amines is 1. The number of H-pyrrole nitrogens is 1. The maximum absolute atomic E-state index is 13.0. The highest BCUT2D eigenvalue weighted by Crippen LogP contribution is 2.24. The highest BCUT2D eigenvalue weighted by molar-refractivity contribution is 5.88. The van der Waals surface area contributed by atoms with Gasteiger partial charge < -0.3 is 14.6 Å². The third kappa shape index (κ3) is 3.80. The van der Waals surface area contributed by atoms with Gasteiger partial charge in [-0.3, -0.25) is 9.59 Å². The number of imidazole rings is 1. The number of amides is 1. The third-order valence-corrected chi connectivity index (χ3v) is 4.95. The zero-order valence-corrected chi connectivity index (χ0v) is 16.6. The molecule has 0 radical (unpaired) electrons. The molecule has 8 heteroatoms. The van der Waals surface area contributed by atoms with Gasteiger partial charge in [-0.2, -0.15) is 5.10 Å². The van der Waals surface area contributed by atoms with Gasteiger partial charge >= 0.3 is 0 Å². The standard InChI is InChI=1S/C22H21N5O3/c1-27-11-10-23-21(27)20(14-6-5-7-15(12-14)30-2)24-19(28)13-18-16-8-3-4-9-17(16)22(29)26-25-18/h3-12,20H,13H2,1-2H3,(H,24,28)(H,26,29)/t20-/m0/s1. The molecule has 0 aliphatic heterocycles. The summed E-state index contributed by atoms with van der Waals surface area (Å²) in [6.07, 6.45) is 3.53. The number of nitrogens with zero attached hydrogens (tertiary/aromatic N) is 3. The first-order chi connectivity index (χ1) is 14.6. The normalized spacial score (nSPS) is 11.9. The van der Waals surface area contributed by atoms with Crippen molar-refractivity contribution in [2.45, 2.75) is 12.5 Å². The Kier molecular flexibility index (Phi) is 5.30. The summed E-state index contributed by atoms with van der Waals surface area (Å²) in [6, 6.07) is 14.1. The van der Waals surface area contributed by atoms with Crippen molar-refractivity contribution in [1.82, 2.24) is 25.1 Å². The van der Waals surface area contributed by atoms with Crippen molar-refractivity contribution >= 4 is 16.7 Å². The summed E-state index contributed by atoms with van der Waals surface area (Å²) >= 11 is 0. The lowest BCUT2D eigenvalue weighted by molar-refractivity contribution is -0.121. The number of hydrogen-bond acceptors (Lipinski definition) is 5. The van der Waals surface area contributed by atoms with Crippen LogP contribution in [0.25, 0.3) is 10.8 Å². The van der Waals surface area contributed by atoms with Gasteiger partial charge in [-0.25, -0.2) is 10.1 Å². The van der Waals surface area contributed by atoms with E-state index in [0.29, 0.717) is 28.0 Å². The van der Waals surface area contributed by atoms with Crippen LogP contribution in [-0.2, 0) is 18.3 Å². The second-order valence-electron chi connectivity index (χ2n) is 6.90. The molecule has 0 aliphatic rings. The SMILES string of the molecule is COc1cccc([C@H](NC(=O)Cc2n[nH]c(=O)c3ccccc23)c2nccn2C)c1. The molecule has 0 bridgehead atoms. The highest BCUT2D eigenvalue weighted by Gasteiger charge is 2.22. The number of aromatic nitrogens is 4. The van der Waals surface area contributed by atoms with Crippen LogP contribution >= 0.6 is 0 Å². The molecule has 1 amide bonds. The molecule has 30 heavy (non-hydrogen) atoms. The van der Waals surface area contributed by atoms with Gasteiger partial charge in [0.25, 0.3) is 5.56 Å². The number of fused-ring (bicyclic) bond motifs is 1. The number of rotatable bonds is 6. The van der Waals surface area contributed by atoms with E-state index in [0.717, 1.165) is 5.56 Å². The number of nitrogens with one attached hydrogen (secondary N) is 2. The van der Waals surface area contributed by atoms with Crippen molar-refractivity contribution in [3.05, 3.63) is 88.4 Å². The summed E-state index contributed by atoms with van der Waals surface area (Å²) in [5, 5.41) is 10.8. The fourth-order valence-electron chi connectivity index (χ4n) is 3.44. The van der Waals surface area contributed by atoms with Gasteiger partial charge in [0.15, 0.2) is 0 Å². The molecule has 152 valence electrons. The minimum absolute atomic E-state index is 0.0161. The molecule has 0 saturated heterocycles. The average molecular weight is 403 g/mol. The molecule has 0 fully saturated rings. The number of ether oxygens (including phenoxy) is 1. The Morgan fingerprint density at radius 2 is 2.00 bits per heavy atom. The molecule has 4 aromatic rings. The van der Waals surface area contributed by atoms with Crippen LogP contribution in [0.1, 0.15) is 23.1 Å². The molecule has 0 spiro atoms. The number of hydrogen-bond donors (Lipinski definition) is 2. The van der Waals surface area contributed by atoms with Crippen LogP contribution in [0.15, 0.2) is 65.7 Å². The first-order valence-corrected chi connectivity index (χ1v) is 9.43. The van der Waals surface area contributed by atoms with Crippen LogP contribution in [0.5, 0.6) is 5.75 Å². The van der Waals surface area contributed by atoms with Crippen molar-refractivity contribution in [2.75, 3.05) is 7.11 Å². The quantitative estimate of drug-likeness (QED) is 0.513. The molecule has 4 rings (SSSR count). The van der Waals surface area contributed by atoms with Crippen molar-refractivity contribution in [3.8, 4) is 5.75 Å². The number of benzene rings is 2. The summed E-state index contributed by atoms with van der Waals surface area (Å²) in [7, 11) is 3.47. The van der Waals surface area contributed by atoms with E-state index in [2.05, 4.69) is 20.5 Å².